The van der Waals surface area contributed by atoms with Crippen LogP contribution in [0.2, 0.25) is 0 Å². The number of fused-ring (bicyclic) bond motifs is 1. The number of carbonyl (C=O) groups is 2. The smallest absolute Gasteiger partial charge is 0.301 e. The minimum Gasteiger partial charge on any atom is -0.507 e. The zero-order chi connectivity index (χ0) is 26.1. The molecule has 3 aromatic carbocycles. The van der Waals surface area contributed by atoms with Gasteiger partial charge in [0.05, 0.1) is 29.0 Å². The Morgan fingerprint density at radius 2 is 1.68 bits per heavy atom. The third kappa shape index (κ3) is 4.42. The number of rotatable bonds is 7. The van der Waals surface area contributed by atoms with E-state index < -0.39 is 29.3 Å². The summed E-state index contributed by atoms with van der Waals surface area (Å²) in [6.45, 7) is 4.69. The lowest BCUT2D eigenvalue weighted by Crippen LogP contribution is -2.29. The standard InChI is InChI=1S/C28H23FN2O5S/c1-3-35-17-11-9-16(10-12-17)25(32)23-24(19-7-5-6-8-20(19)29)31(27(34)26(23)33)28-30-21-14-13-18(36-4-2)15-22(21)37-28/h5-15,24,32H,3-4H2,1-2H3. The van der Waals surface area contributed by atoms with Crippen LogP contribution in [0.15, 0.2) is 72.3 Å². The molecule has 1 aromatic heterocycles. The summed E-state index contributed by atoms with van der Waals surface area (Å²) in [7, 11) is 0. The molecule has 0 saturated carbocycles. The summed E-state index contributed by atoms with van der Waals surface area (Å²) in [6, 6.07) is 16.5. The number of ether oxygens (including phenoxy) is 2. The monoisotopic (exact) mass is 518 g/mol. The fourth-order valence-corrected chi connectivity index (χ4v) is 5.33. The van der Waals surface area contributed by atoms with Gasteiger partial charge in [0.1, 0.15) is 29.1 Å². The number of hydrogen-bond acceptors (Lipinski definition) is 7. The largest absolute Gasteiger partial charge is 0.507 e. The average molecular weight is 519 g/mol. The molecule has 1 aliphatic rings. The molecule has 0 bridgehead atoms. The molecule has 1 unspecified atom stereocenters. The van der Waals surface area contributed by atoms with Crippen LogP contribution in [0.5, 0.6) is 11.5 Å². The first kappa shape index (κ1) is 24.5. The van der Waals surface area contributed by atoms with E-state index in [0.717, 1.165) is 9.60 Å². The molecule has 1 N–H and O–H groups in total. The lowest BCUT2D eigenvalue weighted by atomic mass is 9.95. The van der Waals surface area contributed by atoms with Crippen molar-refractivity contribution in [1.29, 1.82) is 0 Å². The number of aliphatic hydroxyl groups is 1. The molecular weight excluding hydrogens is 495 g/mol. The van der Waals surface area contributed by atoms with E-state index >= 15 is 4.39 Å². The number of hydrogen-bond donors (Lipinski definition) is 1. The second-order valence-electron chi connectivity index (χ2n) is 8.21. The maximum atomic E-state index is 15.1. The fraction of sp³-hybridized carbons (Fsp3) is 0.179. The third-order valence-electron chi connectivity index (χ3n) is 5.95. The molecule has 1 aliphatic heterocycles. The van der Waals surface area contributed by atoms with E-state index in [2.05, 4.69) is 4.98 Å². The number of nitrogens with zero attached hydrogens (tertiary/aromatic N) is 2. The van der Waals surface area contributed by atoms with E-state index in [9.17, 15) is 14.7 Å². The summed E-state index contributed by atoms with van der Waals surface area (Å²) in [4.78, 5) is 32.4. The first-order valence-corrected chi connectivity index (χ1v) is 12.6. The van der Waals surface area contributed by atoms with E-state index in [4.69, 9.17) is 9.47 Å². The maximum Gasteiger partial charge on any atom is 0.301 e. The number of Topliss-reactive ketones (excluding diaryl/α,β-unsaturated/α-hetero) is 1. The number of aromatic nitrogens is 1. The number of amides is 1. The predicted octanol–water partition coefficient (Wildman–Crippen LogP) is 5.86. The van der Waals surface area contributed by atoms with Gasteiger partial charge in [0.15, 0.2) is 5.13 Å². The van der Waals surface area contributed by atoms with E-state index in [1.807, 2.05) is 13.8 Å². The van der Waals surface area contributed by atoms with Crippen molar-refractivity contribution < 1.29 is 28.6 Å². The van der Waals surface area contributed by atoms with Crippen LogP contribution in [0.4, 0.5) is 9.52 Å². The van der Waals surface area contributed by atoms with Crippen LogP contribution in [-0.2, 0) is 9.59 Å². The Balaban J connectivity index is 1.67. The van der Waals surface area contributed by atoms with Crippen LogP contribution in [-0.4, -0.2) is 35.0 Å². The quantitative estimate of drug-likeness (QED) is 0.187. The van der Waals surface area contributed by atoms with Crippen molar-refractivity contribution in [2.24, 2.45) is 0 Å². The van der Waals surface area contributed by atoms with Crippen molar-refractivity contribution >= 4 is 44.1 Å². The van der Waals surface area contributed by atoms with Crippen molar-refractivity contribution in [1.82, 2.24) is 4.98 Å². The molecule has 37 heavy (non-hydrogen) atoms. The summed E-state index contributed by atoms with van der Waals surface area (Å²) in [6.07, 6.45) is 0. The third-order valence-corrected chi connectivity index (χ3v) is 6.97. The zero-order valence-electron chi connectivity index (χ0n) is 20.1. The lowest BCUT2D eigenvalue weighted by molar-refractivity contribution is -0.132. The first-order chi connectivity index (χ1) is 17.9. The fourth-order valence-electron chi connectivity index (χ4n) is 4.30. The van der Waals surface area contributed by atoms with Crippen molar-refractivity contribution in [3.05, 3.63) is 89.2 Å². The average Bonchev–Trinajstić information content (AvgIpc) is 3.42. The van der Waals surface area contributed by atoms with Gasteiger partial charge >= 0.3 is 5.91 Å². The van der Waals surface area contributed by atoms with Gasteiger partial charge in [0.2, 0.25) is 0 Å². The highest BCUT2D eigenvalue weighted by molar-refractivity contribution is 7.22. The van der Waals surface area contributed by atoms with Crippen molar-refractivity contribution in [3.8, 4) is 11.5 Å². The Morgan fingerprint density at radius 3 is 2.38 bits per heavy atom. The van der Waals surface area contributed by atoms with Gasteiger partial charge in [-0.05, 0) is 62.4 Å². The van der Waals surface area contributed by atoms with E-state index in [-0.39, 0.29) is 16.3 Å². The number of halogens is 1. The first-order valence-electron chi connectivity index (χ1n) is 11.7. The highest BCUT2D eigenvalue weighted by atomic mass is 32.1. The van der Waals surface area contributed by atoms with Crippen LogP contribution in [0, 0.1) is 5.82 Å². The normalized spacial score (nSPS) is 16.9. The van der Waals surface area contributed by atoms with Crippen LogP contribution in [0.25, 0.3) is 16.0 Å². The summed E-state index contributed by atoms with van der Waals surface area (Å²) < 4.78 is 26.8. The van der Waals surface area contributed by atoms with E-state index in [1.54, 1.807) is 48.5 Å². The number of benzene rings is 3. The molecule has 0 aliphatic carbocycles. The Labute approximate surface area is 216 Å². The summed E-state index contributed by atoms with van der Waals surface area (Å²) >= 11 is 1.18. The zero-order valence-corrected chi connectivity index (χ0v) is 20.9. The van der Waals surface area contributed by atoms with Gasteiger partial charge < -0.3 is 14.6 Å². The molecule has 1 saturated heterocycles. The molecule has 7 nitrogen and oxygen atoms in total. The summed E-state index contributed by atoms with van der Waals surface area (Å²) in [5.74, 6) is -1.60. The second-order valence-corrected chi connectivity index (χ2v) is 9.22. The Bertz CT molecular complexity index is 1530. The van der Waals surface area contributed by atoms with Crippen LogP contribution in [0.3, 0.4) is 0 Å². The van der Waals surface area contributed by atoms with Gasteiger partial charge in [-0.3, -0.25) is 14.5 Å². The van der Waals surface area contributed by atoms with Crippen molar-refractivity contribution in [3.63, 3.8) is 0 Å². The molecule has 188 valence electrons. The van der Waals surface area contributed by atoms with Gasteiger partial charge in [-0.25, -0.2) is 9.37 Å². The highest BCUT2D eigenvalue weighted by Crippen LogP contribution is 2.45. The van der Waals surface area contributed by atoms with Crippen LogP contribution >= 0.6 is 11.3 Å². The number of aliphatic hydroxyl groups excluding tert-OH is 1. The SMILES string of the molecule is CCOc1ccc(C(O)=C2C(=O)C(=O)N(c3nc4ccc(OCC)cc4s3)C2c2ccccc2F)cc1. The number of carbonyl (C=O) groups excluding carboxylic acids is 2. The lowest BCUT2D eigenvalue weighted by Gasteiger charge is -2.23. The van der Waals surface area contributed by atoms with Gasteiger partial charge in [0, 0.05) is 11.1 Å². The summed E-state index contributed by atoms with van der Waals surface area (Å²) in [5.41, 5.74) is 0.759. The number of ketones is 1. The summed E-state index contributed by atoms with van der Waals surface area (Å²) in [5, 5.41) is 11.4. The van der Waals surface area contributed by atoms with Crippen molar-refractivity contribution in [2.45, 2.75) is 19.9 Å². The minimum atomic E-state index is -1.21. The molecule has 5 rings (SSSR count). The topological polar surface area (TPSA) is 89.0 Å². The van der Waals surface area contributed by atoms with Crippen molar-refractivity contribution in [2.75, 3.05) is 18.1 Å². The van der Waals surface area contributed by atoms with Crippen LogP contribution < -0.4 is 14.4 Å². The number of thiazole rings is 1. The molecule has 1 atom stereocenters. The molecule has 9 heteroatoms. The minimum absolute atomic E-state index is 0.0726. The van der Waals surface area contributed by atoms with Gasteiger partial charge in [-0.2, -0.15) is 0 Å². The van der Waals surface area contributed by atoms with E-state index in [0.29, 0.717) is 35.8 Å². The Hall–Kier alpha value is -4.24. The maximum absolute atomic E-state index is 15.1. The Kier molecular flexibility index (Phi) is 6.62. The van der Waals surface area contributed by atoms with Crippen LogP contribution in [0.1, 0.15) is 31.0 Å². The van der Waals surface area contributed by atoms with Gasteiger partial charge in [0.25, 0.3) is 5.78 Å². The van der Waals surface area contributed by atoms with Gasteiger partial charge in [-0.15, -0.1) is 0 Å². The molecule has 1 fully saturated rings. The highest BCUT2D eigenvalue weighted by Gasteiger charge is 2.49. The molecule has 0 spiro atoms. The molecule has 0 radical (unpaired) electrons. The predicted molar refractivity (Wildman–Crippen MR) is 140 cm³/mol. The Morgan fingerprint density at radius 1 is 1.00 bits per heavy atom. The second kappa shape index (κ2) is 10.0. The molecule has 1 amide bonds. The van der Waals surface area contributed by atoms with Gasteiger partial charge in [-0.1, -0.05) is 29.5 Å². The van der Waals surface area contributed by atoms with E-state index in [1.165, 1.54) is 29.5 Å². The number of anilines is 1. The molecule has 4 aromatic rings. The molecule has 2 heterocycles. The molecular formula is C28H23FN2O5S.